The van der Waals surface area contributed by atoms with Gasteiger partial charge < -0.3 is 15.4 Å². The van der Waals surface area contributed by atoms with Gasteiger partial charge in [0.25, 0.3) is 0 Å². The third-order valence-electron chi connectivity index (χ3n) is 5.18. The third-order valence-corrected chi connectivity index (χ3v) is 5.18. The predicted molar refractivity (Wildman–Crippen MR) is 116 cm³/mol. The summed E-state index contributed by atoms with van der Waals surface area (Å²) in [5, 5.41) is 6.80. The maximum atomic E-state index is 13.8. The van der Waals surface area contributed by atoms with E-state index in [2.05, 4.69) is 44.8 Å². The number of nitrogens with zero attached hydrogens (tertiary/aromatic N) is 2. The van der Waals surface area contributed by atoms with Gasteiger partial charge in [-0.1, -0.05) is 42.5 Å². The first-order valence-corrected chi connectivity index (χ1v) is 10.3. The van der Waals surface area contributed by atoms with Gasteiger partial charge >= 0.3 is 0 Å². The van der Waals surface area contributed by atoms with Crippen LogP contribution in [0.5, 0.6) is 0 Å². The first-order chi connectivity index (χ1) is 14.3. The molecule has 2 aromatic carbocycles. The highest BCUT2D eigenvalue weighted by Crippen LogP contribution is 2.22. The summed E-state index contributed by atoms with van der Waals surface area (Å²) in [5.74, 6) is 0.567. The quantitative estimate of drug-likeness (QED) is 0.408. The SMILES string of the molecule is CN=C(NCCCc1ccccc1)NCC(c1cccc(F)c1)N1CCOCC1. The lowest BCUT2D eigenvalue weighted by molar-refractivity contribution is 0.0169. The summed E-state index contributed by atoms with van der Waals surface area (Å²) >= 11 is 0. The molecule has 1 fully saturated rings. The van der Waals surface area contributed by atoms with E-state index in [1.54, 1.807) is 19.2 Å². The Morgan fingerprint density at radius 3 is 2.62 bits per heavy atom. The number of morpholine rings is 1. The number of hydrogen-bond donors (Lipinski definition) is 2. The van der Waals surface area contributed by atoms with Gasteiger partial charge in [0.2, 0.25) is 0 Å². The standard InChI is InChI=1S/C23H31FN4O/c1-25-23(26-12-6-9-19-7-3-2-4-8-19)27-18-22(28-13-15-29-16-14-28)20-10-5-11-21(24)17-20/h2-5,7-8,10-11,17,22H,6,9,12-16,18H2,1H3,(H2,25,26,27). The monoisotopic (exact) mass is 398 g/mol. The van der Waals surface area contributed by atoms with Crippen molar-refractivity contribution in [1.82, 2.24) is 15.5 Å². The van der Waals surface area contributed by atoms with Gasteiger partial charge in [-0.3, -0.25) is 9.89 Å². The van der Waals surface area contributed by atoms with Crippen molar-refractivity contribution in [3.05, 3.63) is 71.5 Å². The second kappa shape index (κ2) is 11.5. The third kappa shape index (κ3) is 6.84. The highest BCUT2D eigenvalue weighted by molar-refractivity contribution is 5.79. The van der Waals surface area contributed by atoms with E-state index >= 15 is 0 Å². The average Bonchev–Trinajstić information content (AvgIpc) is 2.77. The van der Waals surface area contributed by atoms with E-state index in [1.165, 1.54) is 11.6 Å². The minimum absolute atomic E-state index is 0.0671. The molecule has 29 heavy (non-hydrogen) atoms. The van der Waals surface area contributed by atoms with Crippen LogP contribution in [-0.4, -0.2) is 57.3 Å². The molecule has 1 aliphatic heterocycles. The number of benzene rings is 2. The number of nitrogens with one attached hydrogen (secondary N) is 2. The van der Waals surface area contributed by atoms with Crippen molar-refractivity contribution in [2.45, 2.75) is 18.9 Å². The molecule has 0 aromatic heterocycles. The van der Waals surface area contributed by atoms with Gasteiger partial charge in [0.15, 0.2) is 5.96 Å². The van der Waals surface area contributed by atoms with E-state index in [1.807, 2.05) is 12.1 Å². The molecule has 0 aliphatic carbocycles. The number of ether oxygens (including phenoxy) is 1. The van der Waals surface area contributed by atoms with Gasteiger partial charge in [-0.2, -0.15) is 0 Å². The topological polar surface area (TPSA) is 48.9 Å². The fourth-order valence-electron chi connectivity index (χ4n) is 3.62. The lowest BCUT2D eigenvalue weighted by atomic mass is 10.0. The van der Waals surface area contributed by atoms with Gasteiger partial charge in [0.05, 0.1) is 19.3 Å². The molecular formula is C23H31FN4O. The van der Waals surface area contributed by atoms with Crippen LogP contribution in [0.15, 0.2) is 59.6 Å². The number of rotatable bonds is 8. The lowest BCUT2D eigenvalue weighted by Crippen LogP contribution is -2.46. The van der Waals surface area contributed by atoms with Crippen LogP contribution >= 0.6 is 0 Å². The summed E-state index contributed by atoms with van der Waals surface area (Å²) in [6, 6.07) is 17.4. The minimum atomic E-state index is -0.204. The Bertz CT molecular complexity index is 762. The fourth-order valence-corrected chi connectivity index (χ4v) is 3.62. The molecule has 6 heteroatoms. The van der Waals surface area contributed by atoms with E-state index in [9.17, 15) is 4.39 Å². The van der Waals surface area contributed by atoms with Gasteiger partial charge in [0.1, 0.15) is 5.82 Å². The van der Waals surface area contributed by atoms with Gasteiger partial charge in [-0.15, -0.1) is 0 Å². The average molecular weight is 399 g/mol. The zero-order chi connectivity index (χ0) is 20.3. The summed E-state index contributed by atoms with van der Waals surface area (Å²) in [6.45, 7) is 4.59. The fraction of sp³-hybridized carbons (Fsp3) is 0.435. The molecule has 0 amide bonds. The Balaban J connectivity index is 1.52. The first-order valence-electron chi connectivity index (χ1n) is 10.3. The molecule has 1 atom stereocenters. The first kappa shape index (κ1) is 21.3. The van der Waals surface area contributed by atoms with Gasteiger partial charge in [-0.25, -0.2) is 4.39 Å². The summed E-state index contributed by atoms with van der Waals surface area (Å²) in [7, 11) is 1.78. The Morgan fingerprint density at radius 1 is 1.10 bits per heavy atom. The van der Waals surface area contributed by atoms with Crippen molar-refractivity contribution in [1.29, 1.82) is 0 Å². The molecule has 2 N–H and O–H groups in total. The minimum Gasteiger partial charge on any atom is -0.379 e. The van der Waals surface area contributed by atoms with Crippen molar-refractivity contribution < 1.29 is 9.13 Å². The number of aryl methyl sites for hydroxylation is 1. The van der Waals surface area contributed by atoms with Crippen molar-refractivity contribution in [2.75, 3.05) is 46.4 Å². The number of hydrogen-bond acceptors (Lipinski definition) is 3. The van der Waals surface area contributed by atoms with E-state index < -0.39 is 0 Å². The lowest BCUT2D eigenvalue weighted by Gasteiger charge is -2.35. The predicted octanol–water partition coefficient (Wildman–Crippen LogP) is 3.00. The normalized spacial score (nSPS) is 16.4. The molecule has 0 spiro atoms. The van der Waals surface area contributed by atoms with Gasteiger partial charge in [0, 0.05) is 33.2 Å². The van der Waals surface area contributed by atoms with Crippen molar-refractivity contribution in [2.24, 2.45) is 4.99 Å². The summed E-state index contributed by atoms with van der Waals surface area (Å²) in [5.41, 5.74) is 2.31. The van der Waals surface area contributed by atoms with Crippen LogP contribution in [0.4, 0.5) is 4.39 Å². The molecule has 1 heterocycles. The highest BCUT2D eigenvalue weighted by Gasteiger charge is 2.23. The molecule has 0 bridgehead atoms. The van der Waals surface area contributed by atoms with Crippen LogP contribution in [0.2, 0.25) is 0 Å². The highest BCUT2D eigenvalue weighted by atomic mass is 19.1. The Morgan fingerprint density at radius 2 is 1.90 bits per heavy atom. The van der Waals surface area contributed by atoms with Crippen LogP contribution in [0.25, 0.3) is 0 Å². The molecule has 156 valence electrons. The molecule has 1 aliphatic rings. The maximum absolute atomic E-state index is 13.8. The number of halogens is 1. The smallest absolute Gasteiger partial charge is 0.191 e. The Labute approximate surface area is 173 Å². The number of guanidine groups is 1. The van der Waals surface area contributed by atoms with E-state index in [0.29, 0.717) is 19.8 Å². The van der Waals surface area contributed by atoms with Crippen molar-refractivity contribution in [3.8, 4) is 0 Å². The Hall–Kier alpha value is -2.44. The summed E-state index contributed by atoms with van der Waals surface area (Å²) in [6.07, 6.45) is 2.06. The van der Waals surface area contributed by atoms with Crippen molar-refractivity contribution >= 4 is 5.96 Å². The largest absolute Gasteiger partial charge is 0.379 e. The number of aliphatic imine (C=N–C) groups is 1. The second-order valence-electron chi connectivity index (χ2n) is 7.19. The zero-order valence-corrected chi connectivity index (χ0v) is 17.1. The second-order valence-corrected chi connectivity index (χ2v) is 7.19. The molecule has 1 unspecified atom stereocenters. The molecule has 0 saturated carbocycles. The summed E-state index contributed by atoms with van der Waals surface area (Å²) in [4.78, 5) is 6.68. The van der Waals surface area contributed by atoms with Crippen LogP contribution < -0.4 is 10.6 Å². The summed E-state index contributed by atoms with van der Waals surface area (Å²) < 4.78 is 19.3. The molecule has 3 rings (SSSR count). The van der Waals surface area contributed by atoms with Crippen LogP contribution in [0, 0.1) is 5.82 Å². The van der Waals surface area contributed by atoms with Crippen LogP contribution in [0.1, 0.15) is 23.6 Å². The maximum Gasteiger partial charge on any atom is 0.191 e. The van der Waals surface area contributed by atoms with Crippen molar-refractivity contribution in [3.63, 3.8) is 0 Å². The molecule has 2 aromatic rings. The Kier molecular flexibility index (Phi) is 8.46. The van der Waals surface area contributed by atoms with Crippen LogP contribution in [-0.2, 0) is 11.2 Å². The molecular weight excluding hydrogens is 367 g/mol. The molecule has 5 nitrogen and oxygen atoms in total. The molecule has 1 saturated heterocycles. The molecule has 0 radical (unpaired) electrons. The zero-order valence-electron chi connectivity index (χ0n) is 17.1. The van der Waals surface area contributed by atoms with Crippen LogP contribution in [0.3, 0.4) is 0 Å². The van der Waals surface area contributed by atoms with E-state index in [0.717, 1.165) is 44.0 Å². The van der Waals surface area contributed by atoms with E-state index in [4.69, 9.17) is 4.74 Å². The van der Waals surface area contributed by atoms with Gasteiger partial charge in [-0.05, 0) is 36.1 Å². The van der Waals surface area contributed by atoms with E-state index in [-0.39, 0.29) is 11.9 Å².